The van der Waals surface area contributed by atoms with Crippen LogP contribution in [0.4, 0.5) is 0 Å². The lowest BCUT2D eigenvalue weighted by atomic mass is 10.2. The maximum atomic E-state index is 12.0. The first-order valence-electron chi connectivity index (χ1n) is 7.85. The highest BCUT2D eigenvalue weighted by Crippen LogP contribution is 2.20. The van der Waals surface area contributed by atoms with Crippen LogP contribution in [0.1, 0.15) is 32.6 Å². The molecule has 1 saturated heterocycles. The summed E-state index contributed by atoms with van der Waals surface area (Å²) in [5.41, 5.74) is 0. The van der Waals surface area contributed by atoms with Crippen molar-refractivity contribution in [3.05, 3.63) is 0 Å². The second-order valence-corrected chi connectivity index (χ2v) is 8.18. The van der Waals surface area contributed by atoms with E-state index in [1.54, 1.807) is 0 Å². The normalized spacial score (nSPS) is 24.2. The Labute approximate surface area is 127 Å². The topological polar surface area (TPSA) is 75.7 Å². The summed E-state index contributed by atoms with van der Waals surface area (Å²) in [7, 11) is -2.87. The van der Waals surface area contributed by atoms with Crippen molar-refractivity contribution in [1.29, 1.82) is 0 Å². The van der Waals surface area contributed by atoms with E-state index < -0.39 is 9.84 Å². The van der Waals surface area contributed by atoms with Crippen LogP contribution in [-0.2, 0) is 19.4 Å². The predicted octanol–water partition coefficient (Wildman–Crippen LogP) is 0.181. The lowest BCUT2D eigenvalue weighted by molar-refractivity contribution is -0.146. The molecule has 1 N–H and O–H groups in total. The quantitative estimate of drug-likeness (QED) is 0.675. The first-order chi connectivity index (χ1) is 10.00. The molecule has 1 aliphatic heterocycles. The van der Waals surface area contributed by atoms with Crippen molar-refractivity contribution in [2.45, 2.75) is 44.7 Å². The van der Waals surface area contributed by atoms with Crippen LogP contribution in [0, 0.1) is 0 Å². The molecule has 6 nitrogen and oxygen atoms in total. The Morgan fingerprint density at radius 2 is 2.10 bits per heavy atom. The van der Waals surface area contributed by atoms with E-state index in [1.165, 1.54) is 0 Å². The Kier molecular flexibility index (Phi) is 6.01. The van der Waals surface area contributed by atoms with Crippen LogP contribution in [0.25, 0.3) is 0 Å². The molecule has 2 rings (SSSR count). The van der Waals surface area contributed by atoms with Crippen molar-refractivity contribution in [3.8, 4) is 0 Å². The molecule has 2 aliphatic rings. The van der Waals surface area contributed by atoms with Crippen LogP contribution in [0.3, 0.4) is 0 Å². The maximum absolute atomic E-state index is 12.0. The van der Waals surface area contributed by atoms with E-state index in [0.29, 0.717) is 32.0 Å². The zero-order chi connectivity index (χ0) is 15.3. The first kappa shape index (κ1) is 16.7. The van der Waals surface area contributed by atoms with Crippen LogP contribution in [0.15, 0.2) is 0 Å². The molecule has 122 valence electrons. The first-order valence-corrected chi connectivity index (χ1v) is 9.68. The van der Waals surface area contributed by atoms with Gasteiger partial charge in [-0.2, -0.15) is 0 Å². The summed E-state index contributed by atoms with van der Waals surface area (Å²) in [5, 5.41) is 3.33. The van der Waals surface area contributed by atoms with Crippen LogP contribution >= 0.6 is 0 Å². The maximum Gasteiger partial charge on any atom is 0.323 e. The Morgan fingerprint density at radius 1 is 1.33 bits per heavy atom. The molecule has 0 aromatic heterocycles. The third kappa shape index (κ3) is 5.92. The van der Waals surface area contributed by atoms with Gasteiger partial charge in [0.15, 0.2) is 9.84 Å². The predicted molar refractivity (Wildman–Crippen MR) is 80.9 cm³/mol. The third-order valence-corrected chi connectivity index (χ3v) is 5.68. The number of rotatable bonds is 7. The number of hydrogen-bond acceptors (Lipinski definition) is 6. The Hall–Kier alpha value is -0.660. The summed E-state index contributed by atoms with van der Waals surface area (Å²) < 4.78 is 28.3. The van der Waals surface area contributed by atoms with E-state index in [-0.39, 0.29) is 23.5 Å². The molecule has 2 fully saturated rings. The van der Waals surface area contributed by atoms with Gasteiger partial charge in [0.1, 0.15) is 6.04 Å². The SMILES string of the molecule is CCOC(=O)C(CCN1CCCS(=O)(=O)CC1)NC1CC1. The second kappa shape index (κ2) is 7.56. The molecule has 21 heavy (non-hydrogen) atoms. The van der Waals surface area contributed by atoms with Gasteiger partial charge in [-0.3, -0.25) is 4.79 Å². The fourth-order valence-corrected chi connectivity index (χ4v) is 3.88. The van der Waals surface area contributed by atoms with Crippen LogP contribution in [-0.4, -0.2) is 69.1 Å². The van der Waals surface area contributed by atoms with Crippen molar-refractivity contribution in [1.82, 2.24) is 10.2 Å². The minimum atomic E-state index is -2.87. The number of nitrogens with one attached hydrogen (secondary N) is 1. The molecule has 1 unspecified atom stereocenters. The molecule has 1 aliphatic carbocycles. The summed E-state index contributed by atoms with van der Waals surface area (Å²) in [6, 6.07) is 0.182. The Balaban J connectivity index is 1.81. The van der Waals surface area contributed by atoms with Crippen molar-refractivity contribution in [2.75, 3.05) is 37.7 Å². The second-order valence-electron chi connectivity index (χ2n) is 5.88. The number of esters is 1. The monoisotopic (exact) mass is 318 g/mol. The van der Waals surface area contributed by atoms with E-state index in [0.717, 1.165) is 25.9 Å². The smallest absolute Gasteiger partial charge is 0.323 e. The summed E-state index contributed by atoms with van der Waals surface area (Å²) >= 11 is 0. The summed E-state index contributed by atoms with van der Waals surface area (Å²) in [4.78, 5) is 14.1. The number of sulfone groups is 1. The minimum absolute atomic E-state index is 0.188. The number of hydrogen-bond donors (Lipinski definition) is 1. The molecule has 0 aromatic carbocycles. The highest BCUT2D eigenvalue weighted by molar-refractivity contribution is 7.91. The number of nitrogens with zero attached hydrogens (tertiary/aromatic N) is 1. The molecule has 0 bridgehead atoms. The highest BCUT2D eigenvalue weighted by atomic mass is 32.2. The van der Waals surface area contributed by atoms with Crippen molar-refractivity contribution >= 4 is 15.8 Å². The van der Waals surface area contributed by atoms with Gasteiger partial charge in [-0.15, -0.1) is 0 Å². The van der Waals surface area contributed by atoms with E-state index in [4.69, 9.17) is 4.74 Å². The van der Waals surface area contributed by atoms with E-state index >= 15 is 0 Å². The van der Waals surface area contributed by atoms with Gasteiger partial charge in [0.25, 0.3) is 0 Å². The van der Waals surface area contributed by atoms with Gasteiger partial charge < -0.3 is 15.0 Å². The fraction of sp³-hybridized carbons (Fsp3) is 0.929. The third-order valence-electron chi connectivity index (χ3n) is 3.97. The van der Waals surface area contributed by atoms with Gasteiger partial charge in [-0.25, -0.2) is 8.42 Å². The van der Waals surface area contributed by atoms with Crippen molar-refractivity contribution in [3.63, 3.8) is 0 Å². The number of ether oxygens (including phenoxy) is 1. The van der Waals surface area contributed by atoms with Gasteiger partial charge in [0.2, 0.25) is 0 Å². The van der Waals surface area contributed by atoms with Crippen molar-refractivity contribution < 1.29 is 17.9 Å². The molecule has 1 heterocycles. The standard InChI is InChI=1S/C14H26N2O4S/c1-2-20-14(17)13(15-12-4-5-12)6-8-16-7-3-10-21(18,19)11-9-16/h12-13,15H,2-11H2,1H3. The van der Waals surface area contributed by atoms with Gasteiger partial charge in [0.05, 0.1) is 18.1 Å². The zero-order valence-electron chi connectivity index (χ0n) is 12.7. The molecular weight excluding hydrogens is 292 g/mol. The molecule has 0 aromatic rings. The van der Waals surface area contributed by atoms with Gasteiger partial charge in [-0.1, -0.05) is 0 Å². The van der Waals surface area contributed by atoms with Crippen LogP contribution in [0.2, 0.25) is 0 Å². The van der Waals surface area contributed by atoms with Gasteiger partial charge in [0, 0.05) is 19.1 Å². The van der Waals surface area contributed by atoms with Gasteiger partial charge >= 0.3 is 5.97 Å². The molecule has 7 heteroatoms. The average Bonchev–Trinajstić information content (AvgIpc) is 3.23. The van der Waals surface area contributed by atoms with E-state index in [2.05, 4.69) is 10.2 Å². The lowest BCUT2D eigenvalue weighted by Crippen LogP contribution is -2.42. The van der Waals surface area contributed by atoms with Crippen LogP contribution < -0.4 is 5.32 Å². The number of carbonyl (C=O) groups is 1. The molecule has 0 radical (unpaired) electrons. The van der Waals surface area contributed by atoms with Crippen molar-refractivity contribution in [2.24, 2.45) is 0 Å². The molecule has 0 amide bonds. The zero-order valence-corrected chi connectivity index (χ0v) is 13.5. The lowest BCUT2D eigenvalue weighted by Gasteiger charge is -2.23. The summed E-state index contributed by atoms with van der Waals surface area (Å²) in [5.74, 6) is 0.324. The van der Waals surface area contributed by atoms with Crippen LogP contribution in [0.5, 0.6) is 0 Å². The van der Waals surface area contributed by atoms with E-state index in [9.17, 15) is 13.2 Å². The highest BCUT2D eigenvalue weighted by Gasteiger charge is 2.29. The molecule has 0 spiro atoms. The average molecular weight is 318 g/mol. The minimum Gasteiger partial charge on any atom is -0.465 e. The molecule has 1 atom stereocenters. The Bertz CT molecular complexity index is 448. The fourth-order valence-electron chi connectivity index (χ4n) is 2.57. The molecular formula is C14H26N2O4S. The van der Waals surface area contributed by atoms with E-state index in [1.807, 2.05) is 6.92 Å². The molecule has 1 saturated carbocycles. The largest absolute Gasteiger partial charge is 0.465 e. The summed E-state index contributed by atoms with van der Waals surface area (Å²) in [6.07, 6.45) is 3.60. The van der Waals surface area contributed by atoms with Gasteiger partial charge in [-0.05, 0) is 39.2 Å². The summed E-state index contributed by atoms with van der Waals surface area (Å²) in [6.45, 7) is 4.30. The Morgan fingerprint density at radius 3 is 2.76 bits per heavy atom. The number of carbonyl (C=O) groups excluding carboxylic acids is 1.